The fraction of sp³-hybridized carbons (Fsp3) is 0.923. The standard InChI is InChI=1S/C13H24N2O2/c16-12-3-1-2-10(6-12)9-15-13(17)7-11-4-5-14-8-11/h10-12,14,16H,1-9H2,(H,15,17). The Morgan fingerprint density at radius 2 is 2.18 bits per heavy atom. The summed E-state index contributed by atoms with van der Waals surface area (Å²) in [5.41, 5.74) is 0. The monoisotopic (exact) mass is 240 g/mol. The smallest absolute Gasteiger partial charge is 0.220 e. The van der Waals surface area contributed by atoms with Gasteiger partial charge in [0, 0.05) is 13.0 Å². The molecule has 0 radical (unpaired) electrons. The lowest BCUT2D eigenvalue weighted by Crippen LogP contribution is -2.34. The Bertz CT molecular complexity index is 252. The average Bonchev–Trinajstić information content (AvgIpc) is 2.79. The van der Waals surface area contributed by atoms with Gasteiger partial charge in [-0.1, -0.05) is 6.42 Å². The molecule has 4 heteroatoms. The van der Waals surface area contributed by atoms with Gasteiger partial charge in [-0.2, -0.15) is 0 Å². The van der Waals surface area contributed by atoms with Gasteiger partial charge in [0.1, 0.15) is 0 Å². The first-order chi connectivity index (χ1) is 8.24. The van der Waals surface area contributed by atoms with E-state index in [0.29, 0.717) is 18.3 Å². The van der Waals surface area contributed by atoms with Crippen molar-refractivity contribution in [1.82, 2.24) is 10.6 Å². The maximum atomic E-state index is 11.7. The van der Waals surface area contributed by atoms with Gasteiger partial charge in [-0.15, -0.1) is 0 Å². The molecule has 0 aromatic rings. The molecular formula is C13H24N2O2. The van der Waals surface area contributed by atoms with Gasteiger partial charge < -0.3 is 15.7 Å². The van der Waals surface area contributed by atoms with Crippen molar-refractivity contribution in [2.24, 2.45) is 11.8 Å². The van der Waals surface area contributed by atoms with E-state index in [1.54, 1.807) is 0 Å². The topological polar surface area (TPSA) is 61.4 Å². The van der Waals surface area contributed by atoms with Crippen LogP contribution in [0.4, 0.5) is 0 Å². The molecule has 2 aliphatic rings. The van der Waals surface area contributed by atoms with Crippen LogP contribution >= 0.6 is 0 Å². The van der Waals surface area contributed by atoms with E-state index in [1.165, 1.54) is 0 Å². The number of hydrogen-bond acceptors (Lipinski definition) is 3. The van der Waals surface area contributed by atoms with Gasteiger partial charge in [-0.25, -0.2) is 0 Å². The predicted octanol–water partition coefficient (Wildman–Crippen LogP) is 0.653. The van der Waals surface area contributed by atoms with E-state index in [9.17, 15) is 9.90 Å². The Balaban J connectivity index is 1.61. The summed E-state index contributed by atoms with van der Waals surface area (Å²) in [7, 11) is 0. The number of aliphatic hydroxyl groups is 1. The number of nitrogens with one attached hydrogen (secondary N) is 2. The first-order valence-corrected chi connectivity index (χ1v) is 6.89. The van der Waals surface area contributed by atoms with Crippen molar-refractivity contribution in [2.45, 2.75) is 44.6 Å². The second-order valence-electron chi connectivity index (χ2n) is 5.55. The molecule has 2 fully saturated rings. The van der Waals surface area contributed by atoms with Crippen molar-refractivity contribution in [3.05, 3.63) is 0 Å². The minimum Gasteiger partial charge on any atom is -0.393 e. The van der Waals surface area contributed by atoms with E-state index in [1.807, 2.05) is 0 Å². The lowest BCUT2D eigenvalue weighted by molar-refractivity contribution is -0.122. The van der Waals surface area contributed by atoms with E-state index in [2.05, 4.69) is 10.6 Å². The molecule has 3 unspecified atom stereocenters. The van der Waals surface area contributed by atoms with E-state index < -0.39 is 0 Å². The summed E-state index contributed by atoms with van der Waals surface area (Å²) in [6, 6.07) is 0. The number of amides is 1. The summed E-state index contributed by atoms with van der Waals surface area (Å²) in [6.07, 6.45) is 5.64. The van der Waals surface area contributed by atoms with E-state index in [0.717, 1.165) is 51.7 Å². The fourth-order valence-electron chi connectivity index (χ4n) is 2.93. The Morgan fingerprint density at radius 3 is 2.88 bits per heavy atom. The third-order valence-electron chi connectivity index (χ3n) is 3.98. The van der Waals surface area contributed by atoms with Crippen LogP contribution in [-0.4, -0.2) is 36.8 Å². The third kappa shape index (κ3) is 4.28. The van der Waals surface area contributed by atoms with Crippen LogP contribution in [0.3, 0.4) is 0 Å². The summed E-state index contributed by atoms with van der Waals surface area (Å²) in [4.78, 5) is 11.7. The maximum Gasteiger partial charge on any atom is 0.220 e. The van der Waals surface area contributed by atoms with Gasteiger partial charge in [0.25, 0.3) is 0 Å². The zero-order valence-electron chi connectivity index (χ0n) is 10.5. The molecule has 1 aliphatic carbocycles. The quantitative estimate of drug-likeness (QED) is 0.676. The number of aliphatic hydroxyl groups excluding tert-OH is 1. The van der Waals surface area contributed by atoms with Crippen LogP contribution in [0.25, 0.3) is 0 Å². The largest absolute Gasteiger partial charge is 0.393 e. The SMILES string of the molecule is O=C(CC1CCNC1)NCC1CCCC(O)C1. The highest BCUT2D eigenvalue weighted by Gasteiger charge is 2.22. The molecule has 0 bridgehead atoms. The summed E-state index contributed by atoms with van der Waals surface area (Å²) in [5, 5.41) is 15.9. The minimum absolute atomic E-state index is 0.148. The van der Waals surface area contributed by atoms with Crippen molar-refractivity contribution in [1.29, 1.82) is 0 Å². The van der Waals surface area contributed by atoms with Gasteiger partial charge in [0.2, 0.25) is 5.91 Å². The number of hydrogen-bond donors (Lipinski definition) is 3. The molecular weight excluding hydrogens is 216 g/mol. The van der Waals surface area contributed by atoms with Crippen molar-refractivity contribution < 1.29 is 9.90 Å². The molecule has 0 spiro atoms. The van der Waals surface area contributed by atoms with Crippen molar-refractivity contribution in [3.8, 4) is 0 Å². The van der Waals surface area contributed by atoms with Crippen LogP contribution in [0, 0.1) is 11.8 Å². The zero-order valence-corrected chi connectivity index (χ0v) is 10.5. The third-order valence-corrected chi connectivity index (χ3v) is 3.98. The highest BCUT2D eigenvalue weighted by atomic mass is 16.3. The van der Waals surface area contributed by atoms with Crippen LogP contribution in [0.2, 0.25) is 0 Å². The van der Waals surface area contributed by atoms with Crippen molar-refractivity contribution in [2.75, 3.05) is 19.6 Å². The molecule has 0 aromatic heterocycles. The summed E-state index contributed by atoms with van der Waals surface area (Å²) in [5.74, 6) is 1.18. The molecule has 17 heavy (non-hydrogen) atoms. The van der Waals surface area contributed by atoms with Crippen molar-refractivity contribution >= 4 is 5.91 Å². The highest BCUT2D eigenvalue weighted by Crippen LogP contribution is 2.23. The van der Waals surface area contributed by atoms with Gasteiger partial charge in [-0.05, 0) is 50.6 Å². The lowest BCUT2D eigenvalue weighted by Gasteiger charge is -2.26. The minimum atomic E-state index is -0.148. The molecule has 98 valence electrons. The normalized spacial score (nSPS) is 33.6. The van der Waals surface area contributed by atoms with Crippen LogP contribution in [-0.2, 0) is 4.79 Å². The summed E-state index contributed by atoms with van der Waals surface area (Å²) < 4.78 is 0. The Kier molecular flexibility index (Phi) is 4.80. The van der Waals surface area contributed by atoms with E-state index in [4.69, 9.17) is 0 Å². The number of carbonyl (C=O) groups excluding carboxylic acids is 1. The Labute approximate surface area is 103 Å². The number of rotatable bonds is 4. The summed E-state index contributed by atoms with van der Waals surface area (Å²) >= 11 is 0. The fourth-order valence-corrected chi connectivity index (χ4v) is 2.93. The Hall–Kier alpha value is -0.610. The molecule has 1 saturated heterocycles. The van der Waals surface area contributed by atoms with Gasteiger partial charge in [-0.3, -0.25) is 4.79 Å². The van der Waals surface area contributed by atoms with Gasteiger partial charge in [0.05, 0.1) is 6.10 Å². The first-order valence-electron chi connectivity index (χ1n) is 6.89. The lowest BCUT2D eigenvalue weighted by atomic mass is 9.87. The molecule has 1 aliphatic heterocycles. The van der Waals surface area contributed by atoms with Gasteiger partial charge in [0.15, 0.2) is 0 Å². The maximum absolute atomic E-state index is 11.7. The molecule has 1 amide bonds. The second kappa shape index (κ2) is 6.36. The van der Waals surface area contributed by atoms with Crippen LogP contribution in [0.5, 0.6) is 0 Å². The molecule has 3 N–H and O–H groups in total. The summed E-state index contributed by atoms with van der Waals surface area (Å²) in [6.45, 7) is 2.78. The second-order valence-corrected chi connectivity index (χ2v) is 5.55. The van der Waals surface area contributed by atoms with E-state index in [-0.39, 0.29) is 12.0 Å². The van der Waals surface area contributed by atoms with Gasteiger partial charge >= 0.3 is 0 Å². The molecule has 1 saturated carbocycles. The molecule has 4 nitrogen and oxygen atoms in total. The molecule has 0 aromatic carbocycles. The first kappa shape index (κ1) is 12.8. The Morgan fingerprint density at radius 1 is 1.29 bits per heavy atom. The molecule has 3 atom stereocenters. The zero-order chi connectivity index (χ0) is 12.1. The van der Waals surface area contributed by atoms with E-state index >= 15 is 0 Å². The molecule has 1 heterocycles. The predicted molar refractivity (Wildman–Crippen MR) is 66.6 cm³/mol. The van der Waals surface area contributed by atoms with Crippen LogP contribution < -0.4 is 10.6 Å². The molecule has 2 rings (SSSR count). The van der Waals surface area contributed by atoms with Crippen LogP contribution in [0.1, 0.15) is 38.5 Å². The van der Waals surface area contributed by atoms with Crippen molar-refractivity contribution in [3.63, 3.8) is 0 Å². The number of carbonyl (C=O) groups is 1. The van der Waals surface area contributed by atoms with Crippen LogP contribution in [0.15, 0.2) is 0 Å². The average molecular weight is 240 g/mol. The highest BCUT2D eigenvalue weighted by molar-refractivity contribution is 5.76.